The van der Waals surface area contributed by atoms with Crippen LogP contribution in [0.2, 0.25) is 5.02 Å². The molecule has 0 bridgehead atoms. The zero-order valence-electron chi connectivity index (χ0n) is 14.6. The predicted octanol–water partition coefficient (Wildman–Crippen LogP) is 5.35. The second-order valence-electron chi connectivity index (χ2n) is 6.06. The van der Waals surface area contributed by atoms with E-state index in [1.807, 2.05) is 38.1 Å². The van der Waals surface area contributed by atoms with Gasteiger partial charge in [-0.1, -0.05) is 57.8 Å². The summed E-state index contributed by atoms with van der Waals surface area (Å²) < 4.78 is 11.0. The van der Waals surface area contributed by atoms with Crippen LogP contribution in [0.25, 0.3) is 22.8 Å². The average Bonchev–Trinajstić information content (AvgIpc) is 3.29. The van der Waals surface area contributed by atoms with Crippen molar-refractivity contribution in [1.29, 1.82) is 0 Å². The van der Waals surface area contributed by atoms with Gasteiger partial charge in [-0.25, -0.2) is 0 Å². The fraction of sp³-hybridized carbons (Fsp3) is 0.158. The third-order valence-electron chi connectivity index (χ3n) is 3.75. The molecule has 2 aromatic carbocycles. The van der Waals surface area contributed by atoms with E-state index >= 15 is 0 Å². The van der Waals surface area contributed by atoms with Gasteiger partial charge in [0.15, 0.2) is 0 Å². The summed E-state index contributed by atoms with van der Waals surface area (Å²) in [6, 6.07) is 13.4. The molecule has 0 aliphatic rings. The standard InChI is InChI=1S/C19H15ClN4O2S/c1-11-6-12(2)8-14(7-11)18-22-23-19(25-18)27-10-16-21-17(24-26-16)13-4-3-5-15(20)9-13/h3-9H,10H2,1-2H3. The first-order chi connectivity index (χ1) is 13.1. The minimum Gasteiger partial charge on any atom is -0.411 e. The van der Waals surface area contributed by atoms with Gasteiger partial charge >= 0.3 is 0 Å². The van der Waals surface area contributed by atoms with Gasteiger partial charge in [0.05, 0.1) is 5.75 Å². The maximum Gasteiger partial charge on any atom is 0.277 e. The molecule has 2 aromatic heterocycles. The third kappa shape index (κ3) is 4.20. The van der Waals surface area contributed by atoms with E-state index in [9.17, 15) is 0 Å². The van der Waals surface area contributed by atoms with Crippen LogP contribution in [0.4, 0.5) is 0 Å². The van der Waals surface area contributed by atoms with E-state index in [-0.39, 0.29) is 0 Å². The Kier molecular flexibility index (Phi) is 4.96. The van der Waals surface area contributed by atoms with Gasteiger partial charge in [-0.3, -0.25) is 0 Å². The van der Waals surface area contributed by atoms with Gasteiger partial charge in [0.25, 0.3) is 5.22 Å². The highest BCUT2D eigenvalue weighted by Gasteiger charge is 2.13. The van der Waals surface area contributed by atoms with Gasteiger partial charge in [0.2, 0.25) is 17.6 Å². The van der Waals surface area contributed by atoms with Crippen molar-refractivity contribution in [1.82, 2.24) is 20.3 Å². The molecule has 0 unspecified atom stereocenters. The number of rotatable bonds is 5. The van der Waals surface area contributed by atoms with E-state index in [4.69, 9.17) is 20.5 Å². The lowest BCUT2D eigenvalue weighted by molar-refractivity contribution is 0.391. The van der Waals surface area contributed by atoms with Gasteiger partial charge in [-0.2, -0.15) is 4.98 Å². The Bertz CT molecular complexity index is 1070. The van der Waals surface area contributed by atoms with Crippen molar-refractivity contribution in [2.24, 2.45) is 0 Å². The number of hydrogen-bond acceptors (Lipinski definition) is 7. The summed E-state index contributed by atoms with van der Waals surface area (Å²) in [5.41, 5.74) is 4.01. The van der Waals surface area contributed by atoms with Crippen LogP contribution in [0, 0.1) is 13.8 Å². The number of thioether (sulfide) groups is 1. The molecule has 136 valence electrons. The van der Waals surface area contributed by atoms with Crippen LogP contribution in [0.15, 0.2) is 56.6 Å². The monoisotopic (exact) mass is 398 g/mol. The summed E-state index contributed by atoms with van der Waals surface area (Å²) in [5, 5.41) is 13.3. The fourth-order valence-electron chi connectivity index (χ4n) is 2.66. The molecule has 27 heavy (non-hydrogen) atoms. The molecule has 0 amide bonds. The second kappa shape index (κ2) is 7.54. The Morgan fingerprint density at radius 2 is 1.81 bits per heavy atom. The van der Waals surface area contributed by atoms with E-state index in [2.05, 4.69) is 26.4 Å². The van der Waals surface area contributed by atoms with Crippen molar-refractivity contribution in [2.45, 2.75) is 24.8 Å². The smallest absolute Gasteiger partial charge is 0.277 e. The molecule has 0 atom stereocenters. The molecule has 0 saturated heterocycles. The Morgan fingerprint density at radius 1 is 1.00 bits per heavy atom. The van der Waals surface area contributed by atoms with Crippen LogP contribution < -0.4 is 0 Å². The number of aryl methyl sites for hydroxylation is 2. The van der Waals surface area contributed by atoms with E-state index in [0.717, 1.165) is 22.3 Å². The van der Waals surface area contributed by atoms with Crippen molar-refractivity contribution in [3.05, 3.63) is 64.5 Å². The lowest BCUT2D eigenvalue weighted by Crippen LogP contribution is -1.83. The van der Waals surface area contributed by atoms with E-state index in [1.165, 1.54) is 11.8 Å². The van der Waals surface area contributed by atoms with Crippen molar-refractivity contribution < 1.29 is 8.94 Å². The van der Waals surface area contributed by atoms with Crippen molar-refractivity contribution >= 4 is 23.4 Å². The Labute approximate surface area is 165 Å². The van der Waals surface area contributed by atoms with Crippen LogP contribution in [0.5, 0.6) is 0 Å². The summed E-state index contributed by atoms with van der Waals surface area (Å²) in [5.74, 6) is 1.90. The lowest BCUT2D eigenvalue weighted by Gasteiger charge is -1.99. The first-order valence-electron chi connectivity index (χ1n) is 8.20. The Morgan fingerprint density at radius 3 is 2.59 bits per heavy atom. The minimum absolute atomic E-state index is 0.433. The number of benzene rings is 2. The van der Waals surface area contributed by atoms with Gasteiger partial charge < -0.3 is 8.94 Å². The summed E-state index contributed by atoms with van der Waals surface area (Å²) in [4.78, 5) is 4.38. The Hall–Kier alpha value is -2.64. The third-order valence-corrected chi connectivity index (χ3v) is 4.78. The maximum absolute atomic E-state index is 6.00. The second-order valence-corrected chi connectivity index (χ2v) is 7.42. The van der Waals surface area contributed by atoms with Crippen molar-refractivity contribution in [2.75, 3.05) is 0 Å². The first-order valence-corrected chi connectivity index (χ1v) is 9.57. The van der Waals surface area contributed by atoms with Gasteiger partial charge in [-0.05, 0) is 38.1 Å². The molecule has 0 radical (unpaired) electrons. The van der Waals surface area contributed by atoms with Crippen LogP contribution >= 0.6 is 23.4 Å². The highest BCUT2D eigenvalue weighted by atomic mass is 35.5. The van der Waals surface area contributed by atoms with E-state index in [1.54, 1.807) is 12.1 Å². The molecule has 4 aromatic rings. The molecule has 0 aliphatic heterocycles. The lowest BCUT2D eigenvalue weighted by atomic mass is 10.1. The molecule has 4 rings (SSSR count). The highest BCUT2D eigenvalue weighted by molar-refractivity contribution is 7.98. The summed E-state index contributed by atoms with van der Waals surface area (Å²) in [7, 11) is 0. The van der Waals surface area contributed by atoms with Crippen LogP contribution in [-0.4, -0.2) is 20.3 Å². The van der Waals surface area contributed by atoms with E-state index < -0.39 is 0 Å². The molecule has 0 fully saturated rings. The molecular formula is C19H15ClN4O2S. The molecule has 0 spiro atoms. The SMILES string of the molecule is Cc1cc(C)cc(-c2nnc(SCc3nc(-c4cccc(Cl)c4)no3)o2)c1. The molecule has 0 N–H and O–H groups in total. The Balaban J connectivity index is 1.45. The molecule has 6 nitrogen and oxygen atoms in total. The fourth-order valence-corrected chi connectivity index (χ4v) is 3.46. The van der Waals surface area contributed by atoms with Gasteiger partial charge in [-0.15, -0.1) is 10.2 Å². The first kappa shape index (κ1) is 17.8. The summed E-state index contributed by atoms with van der Waals surface area (Å²) in [6.07, 6.45) is 0. The molecule has 0 aliphatic carbocycles. The van der Waals surface area contributed by atoms with Crippen LogP contribution in [0.3, 0.4) is 0 Å². The van der Waals surface area contributed by atoms with Crippen molar-refractivity contribution in [3.63, 3.8) is 0 Å². The molecular weight excluding hydrogens is 384 g/mol. The maximum atomic E-state index is 6.00. The van der Waals surface area contributed by atoms with Crippen molar-refractivity contribution in [3.8, 4) is 22.8 Å². The molecule has 8 heteroatoms. The summed E-state index contributed by atoms with van der Waals surface area (Å²) in [6.45, 7) is 4.07. The quantitative estimate of drug-likeness (QED) is 0.419. The summed E-state index contributed by atoms with van der Waals surface area (Å²) >= 11 is 7.34. The zero-order valence-corrected chi connectivity index (χ0v) is 16.2. The zero-order chi connectivity index (χ0) is 18.8. The normalized spacial score (nSPS) is 11.1. The highest BCUT2D eigenvalue weighted by Crippen LogP contribution is 2.27. The topological polar surface area (TPSA) is 77.8 Å². The number of halogens is 1. The minimum atomic E-state index is 0.433. The van der Waals surface area contributed by atoms with Crippen LogP contribution in [-0.2, 0) is 5.75 Å². The van der Waals surface area contributed by atoms with E-state index in [0.29, 0.717) is 33.6 Å². The molecule has 2 heterocycles. The average molecular weight is 399 g/mol. The van der Waals surface area contributed by atoms with Gasteiger partial charge in [0.1, 0.15) is 0 Å². The molecule has 0 saturated carbocycles. The largest absolute Gasteiger partial charge is 0.411 e. The van der Waals surface area contributed by atoms with Crippen LogP contribution in [0.1, 0.15) is 17.0 Å². The van der Waals surface area contributed by atoms with Gasteiger partial charge in [0, 0.05) is 16.1 Å². The number of aromatic nitrogens is 4. The number of hydrogen-bond donors (Lipinski definition) is 0. The predicted molar refractivity (Wildman–Crippen MR) is 104 cm³/mol. The number of nitrogens with zero attached hydrogens (tertiary/aromatic N) is 4.